The Bertz CT molecular complexity index is 1310. The summed E-state index contributed by atoms with van der Waals surface area (Å²) in [6.07, 6.45) is -5.33. The third kappa shape index (κ3) is 5.90. The molecule has 0 aliphatic heterocycles. The fraction of sp³-hybridized carbons (Fsp3) is 0.304. The molecule has 1 aromatic carbocycles. The van der Waals surface area contributed by atoms with Gasteiger partial charge >= 0.3 is 6.18 Å². The van der Waals surface area contributed by atoms with E-state index in [1.807, 2.05) is 0 Å². The highest BCUT2D eigenvalue weighted by atomic mass is 19.4. The van der Waals surface area contributed by atoms with Gasteiger partial charge in [0.1, 0.15) is 22.9 Å². The van der Waals surface area contributed by atoms with Crippen molar-refractivity contribution >= 4 is 23.5 Å². The van der Waals surface area contributed by atoms with Gasteiger partial charge in [-0.2, -0.15) is 18.3 Å². The number of benzene rings is 1. The SMILES string of the molecule is C=C(CCc1cc(NC(=O)Cc2ccc(-c3nn(C(C)C)c(N)c3C(N)=O)cc2F)on1)C(F)(F)F. The molecule has 5 N–H and O–H groups in total. The van der Waals surface area contributed by atoms with Gasteiger partial charge in [0.05, 0.1) is 12.1 Å². The minimum absolute atomic E-state index is 0.0338. The Labute approximate surface area is 203 Å². The maximum absolute atomic E-state index is 14.8. The Kier molecular flexibility index (Phi) is 7.51. The Morgan fingerprint density at radius 1 is 1.25 bits per heavy atom. The molecule has 2 heterocycles. The third-order valence-electron chi connectivity index (χ3n) is 5.27. The number of primary amides is 1. The Balaban J connectivity index is 1.69. The van der Waals surface area contributed by atoms with Gasteiger partial charge in [0.2, 0.25) is 11.8 Å². The number of nitrogen functional groups attached to an aromatic ring is 1. The van der Waals surface area contributed by atoms with Crippen LogP contribution in [0.5, 0.6) is 0 Å². The second kappa shape index (κ2) is 10.2. The number of rotatable bonds is 9. The van der Waals surface area contributed by atoms with Gasteiger partial charge in [-0.25, -0.2) is 9.07 Å². The summed E-state index contributed by atoms with van der Waals surface area (Å²) in [4.78, 5) is 24.3. The zero-order valence-corrected chi connectivity index (χ0v) is 19.4. The maximum atomic E-state index is 14.8. The van der Waals surface area contributed by atoms with Crippen LogP contribution in [0.1, 0.15) is 47.9 Å². The van der Waals surface area contributed by atoms with Crippen LogP contribution in [0.25, 0.3) is 11.3 Å². The molecule has 0 unspecified atom stereocenters. The van der Waals surface area contributed by atoms with Crippen molar-refractivity contribution in [3.63, 3.8) is 0 Å². The molecule has 3 aromatic rings. The van der Waals surface area contributed by atoms with E-state index < -0.39 is 29.4 Å². The number of allylic oxidation sites excluding steroid dienone is 1. The highest BCUT2D eigenvalue weighted by Gasteiger charge is 2.31. The second-order valence-electron chi connectivity index (χ2n) is 8.33. The molecule has 36 heavy (non-hydrogen) atoms. The highest BCUT2D eigenvalue weighted by Crippen LogP contribution is 2.30. The van der Waals surface area contributed by atoms with E-state index >= 15 is 0 Å². The van der Waals surface area contributed by atoms with Crippen LogP contribution < -0.4 is 16.8 Å². The van der Waals surface area contributed by atoms with E-state index in [1.54, 1.807) is 13.8 Å². The number of aryl methyl sites for hydroxylation is 1. The van der Waals surface area contributed by atoms with Gasteiger partial charge in [-0.3, -0.25) is 14.9 Å². The topological polar surface area (TPSA) is 142 Å². The summed E-state index contributed by atoms with van der Waals surface area (Å²) in [5.74, 6) is -2.22. The lowest BCUT2D eigenvalue weighted by atomic mass is 10.0. The number of anilines is 2. The van der Waals surface area contributed by atoms with Crippen molar-refractivity contribution in [1.82, 2.24) is 14.9 Å². The summed E-state index contributed by atoms with van der Waals surface area (Å²) in [5, 5.41) is 10.3. The van der Waals surface area contributed by atoms with Gasteiger partial charge < -0.3 is 16.0 Å². The molecule has 2 amide bonds. The molecule has 0 aliphatic carbocycles. The molecular formula is C23H24F4N6O3. The number of nitrogens with two attached hydrogens (primary N) is 2. The maximum Gasteiger partial charge on any atom is 0.412 e. The fourth-order valence-electron chi connectivity index (χ4n) is 3.39. The molecule has 9 nitrogen and oxygen atoms in total. The summed E-state index contributed by atoms with van der Waals surface area (Å²) >= 11 is 0. The first-order valence-corrected chi connectivity index (χ1v) is 10.7. The number of nitrogens with zero attached hydrogens (tertiary/aromatic N) is 3. The van der Waals surface area contributed by atoms with Gasteiger partial charge in [0.25, 0.3) is 5.91 Å². The van der Waals surface area contributed by atoms with Gasteiger partial charge in [-0.15, -0.1) is 0 Å². The number of nitrogens with one attached hydrogen (secondary N) is 1. The first-order valence-electron chi connectivity index (χ1n) is 10.7. The normalized spacial score (nSPS) is 11.6. The minimum atomic E-state index is -4.50. The van der Waals surface area contributed by atoms with E-state index in [2.05, 4.69) is 22.2 Å². The van der Waals surface area contributed by atoms with Gasteiger partial charge in [-0.05, 0) is 38.3 Å². The van der Waals surface area contributed by atoms with Gasteiger partial charge in [0.15, 0.2) is 0 Å². The average molecular weight is 508 g/mol. The van der Waals surface area contributed by atoms with Gasteiger partial charge in [-0.1, -0.05) is 23.9 Å². The van der Waals surface area contributed by atoms with E-state index in [4.69, 9.17) is 16.0 Å². The molecule has 0 aliphatic rings. The molecule has 13 heteroatoms. The van der Waals surface area contributed by atoms with E-state index in [0.29, 0.717) is 0 Å². The number of hydrogen-bond acceptors (Lipinski definition) is 6. The zero-order valence-electron chi connectivity index (χ0n) is 19.4. The molecule has 0 spiro atoms. The smallest absolute Gasteiger partial charge is 0.383 e. The molecule has 0 fully saturated rings. The van der Waals surface area contributed by atoms with Crippen molar-refractivity contribution in [1.29, 1.82) is 0 Å². The minimum Gasteiger partial charge on any atom is -0.383 e. The number of hydrogen-bond donors (Lipinski definition) is 3. The Morgan fingerprint density at radius 2 is 1.94 bits per heavy atom. The molecule has 192 valence electrons. The van der Waals surface area contributed by atoms with E-state index in [0.717, 1.165) is 6.07 Å². The summed E-state index contributed by atoms with van der Waals surface area (Å²) in [6, 6.07) is 5.05. The molecule has 2 aromatic heterocycles. The Morgan fingerprint density at radius 3 is 2.53 bits per heavy atom. The molecule has 3 rings (SSSR count). The highest BCUT2D eigenvalue weighted by molar-refractivity contribution is 6.03. The number of carbonyl (C=O) groups excluding carboxylic acids is 2. The summed E-state index contributed by atoms with van der Waals surface area (Å²) in [7, 11) is 0. The number of amides is 2. The van der Waals surface area contributed by atoms with Crippen LogP contribution in [0.2, 0.25) is 0 Å². The molecule has 0 saturated heterocycles. The van der Waals surface area contributed by atoms with Crippen LogP contribution in [0.4, 0.5) is 29.3 Å². The van der Waals surface area contributed by atoms with Crippen LogP contribution in [0.15, 0.2) is 40.9 Å². The number of alkyl halides is 3. The number of halogens is 4. The Hall–Kier alpha value is -4.16. The largest absolute Gasteiger partial charge is 0.412 e. The first kappa shape index (κ1) is 26.4. The average Bonchev–Trinajstić information content (AvgIpc) is 3.36. The first-order chi connectivity index (χ1) is 16.8. The van der Waals surface area contributed by atoms with Crippen molar-refractivity contribution in [2.24, 2.45) is 5.73 Å². The van der Waals surface area contributed by atoms with Crippen LogP contribution in [0, 0.1) is 5.82 Å². The van der Waals surface area contributed by atoms with E-state index in [9.17, 15) is 27.2 Å². The number of aromatic nitrogens is 3. The summed E-state index contributed by atoms with van der Waals surface area (Å²) in [6.45, 7) is 6.59. The van der Waals surface area contributed by atoms with Crippen molar-refractivity contribution in [2.45, 2.75) is 45.3 Å². The predicted octanol–water partition coefficient (Wildman–Crippen LogP) is 4.17. The lowest BCUT2D eigenvalue weighted by Gasteiger charge is -2.07. The molecular weight excluding hydrogens is 484 g/mol. The van der Waals surface area contributed by atoms with Crippen molar-refractivity contribution < 1.29 is 31.7 Å². The molecule has 0 bridgehead atoms. The summed E-state index contributed by atoms with van der Waals surface area (Å²) in [5.41, 5.74) is 11.1. The lowest BCUT2D eigenvalue weighted by molar-refractivity contribution is -0.115. The lowest BCUT2D eigenvalue weighted by Crippen LogP contribution is -2.15. The number of carbonyl (C=O) groups is 2. The fourth-order valence-corrected chi connectivity index (χ4v) is 3.39. The standard InChI is InChI=1S/C23H24F4N6O3/c1-11(2)33-21(28)19(22(29)35)20(31-33)14-6-5-13(16(24)8-14)9-17(34)30-18-10-15(32-36-18)7-4-12(3)23(25,26)27/h5-6,8,10-11H,3-4,7,9,28H2,1-2H3,(H2,29,35)(H,30,34). The van der Waals surface area contributed by atoms with E-state index in [1.165, 1.54) is 22.9 Å². The third-order valence-corrected chi connectivity index (χ3v) is 5.27. The second-order valence-corrected chi connectivity index (χ2v) is 8.33. The zero-order chi connectivity index (χ0) is 26.8. The van der Waals surface area contributed by atoms with Crippen molar-refractivity contribution in [2.75, 3.05) is 11.1 Å². The van der Waals surface area contributed by atoms with Crippen LogP contribution in [-0.2, 0) is 17.6 Å². The molecule has 0 atom stereocenters. The van der Waals surface area contributed by atoms with Gasteiger partial charge in [0, 0.05) is 23.2 Å². The predicted molar refractivity (Wildman–Crippen MR) is 123 cm³/mol. The van der Waals surface area contributed by atoms with Crippen LogP contribution >= 0.6 is 0 Å². The van der Waals surface area contributed by atoms with Crippen LogP contribution in [-0.4, -0.2) is 32.9 Å². The van der Waals surface area contributed by atoms with Crippen LogP contribution in [0.3, 0.4) is 0 Å². The molecule has 0 radical (unpaired) electrons. The van der Waals surface area contributed by atoms with Crippen molar-refractivity contribution in [3.8, 4) is 11.3 Å². The van der Waals surface area contributed by atoms with E-state index in [-0.39, 0.29) is 65.1 Å². The van der Waals surface area contributed by atoms with Crippen molar-refractivity contribution in [3.05, 3.63) is 59.1 Å². The summed E-state index contributed by atoms with van der Waals surface area (Å²) < 4.78 is 58.7. The molecule has 0 saturated carbocycles. The quantitative estimate of drug-likeness (QED) is 0.293. The monoisotopic (exact) mass is 508 g/mol.